The molecule has 0 aliphatic rings. The molecule has 0 saturated carbocycles. The number of hydrogen-bond donors (Lipinski definition) is 1. The maximum absolute atomic E-state index is 12.2. The van der Waals surface area contributed by atoms with Gasteiger partial charge in [-0.25, -0.2) is 4.39 Å². The topological polar surface area (TPSA) is 12.0 Å². The Labute approximate surface area is 82.9 Å². The van der Waals surface area contributed by atoms with Gasteiger partial charge in [-0.1, -0.05) is 23.7 Å². The van der Waals surface area contributed by atoms with E-state index < -0.39 is 6.67 Å². The number of nitrogens with one attached hydrogen (secondary N) is 1. The highest BCUT2D eigenvalue weighted by Crippen LogP contribution is 2.18. The Morgan fingerprint density at radius 2 is 2.23 bits per heavy atom. The number of alkyl halides is 1. The van der Waals surface area contributed by atoms with Gasteiger partial charge in [-0.2, -0.15) is 0 Å². The van der Waals surface area contributed by atoms with Crippen LogP contribution in [-0.2, 0) is 13.1 Å². The van der Waals surface area contributed by atoms with Crippen LogP contribution >= 0.6 is 11.6 Å². The van der Waals surface area contributed by atoms with Gasteiger partial charge in [-0.3, -0.25) is 0 Å². The highest BCUT2D eigenvalue weighted by molar-refractivity contribution is 6.31. The average molecular weight is 202 g/mol. The lowest BCUT2D eigenvalue weighted by molar-refractivity contribution is 0.485. The smallest absolute Gasteiger partial charge is 0.115 e. The van der Waals surface area contributed by atoms with Crippen molar-refractivity contribution in [2.75, 3.05) is 13.6 Å². The van der Waals surface area contributed by atoms with Gasteiger partial charge in [0.25, 0.3) is 0 Å². The maximum atomic E-state index is 12.2. The molecule has 0 aliphatic carbocycles. The highest BCUT2D eigenvalue weighted by Gasteiger charge is 2.00. The fraction of sp³-hybridized carbons (Fsp3) is 0.400. The zero-order valence-corrected chi connectivity index (χ0v) is 8.37. The van der Waals surface area contributed by atoms with Gasteiger partial charge in [0.15, 0.2) is 0 Å². The molecule has 1 rings (SSSR count). The third-order valence-electron chi connectivity index (χ3n) is 1.92. The maximum Gasteiger partial charge on any atom is 0.115 e. The van der Waals surface area contributed by atoms with Crippen molar-refractivity contribution >= 4 is 11.6 Å². The fourth-order valence-corrected chi connectivity index (χ4v) is 1.43. The summed E-state index contributed by atoms with van der Waals surface area (Å²) in [7, 11) is 1.89. The van der Waals surface area contributed by atoms with E-state index in [0.29, 0.717) is 10.6 Å². The minimum absolute atomic E-state index is 0.452. The Bertz CT molecular complexity index is 276. The lowest BCUT2D eigenvalue weighted by Crippen LogP contribution is -2.10. The normalized spacial score (nSPS) is 10.4. The minimum atomic E-state index is -0.452. The van der Waals surface area contributed by atoms with Gasteiger partial charge in [0, 0.05) is 5.02 Å². The summed E-state index contributed by atoms with van der Waals surface area (Å²) in [5.41, 5.74) is 1.70. The molecule has 1 N–H and O–H groups in total. The van der Waals surface area contributed by atoms with Gasteiger partial charge in [0.05, 0.1) is 0 Å². The molecular formula is C10H13ClFN. The van der Waals surface area contributed by atoms with Crippen LogP contribution in [0.25, 0.3) is 0 Å². The van der Waals surface area contributed by atoms with Crippen LogP contribution in [-0.4, -0.2) is 13.6 Å². The lowest BCUT2D eigenvalue weighted by atomic mass is 10.1. The molecule has 0 atom stereocenters. The molecule has 0 amide bonds. The average Bonchev–Trinajstić information content (AvgIpc) is 2.16. The standard InChI is InChI=1S/C10H13ClFN/c1-13-5-4-9-3-2-8(7-12)6-10(9)11/h2-3,6,13H,4-5,7H2,1H3. The van der Waals surface area contributed by atoms with Crippen LogP contribution in [0.3, 0.4) is 0 Å². The molecule has 0 bridgehead atoms. The summed E-state index contributed by atoms with van der Waals surface area (Å²) in [5, 5.41) is 3.70. The van der Waals surface area contributed by atoms with Gasteiger partial charge < -0.3 is 5.32 Å². The predicted octanol–water partition coefficient (Wildman–Crippen LogP) is 2.57. The first-order valence-corrected chi connectivity index (χ1v) is 4.63. The molecular weight excluding hydrogens is 189 g/mol. The van der Waals surface area contributed by atoms with Crippen molar-refractivity contribution < 1.29 is 4.39 Å². The molecule has 0 aromatic heterocycles. The third-order valence-corrected chi connectivity index (χ3v) is 2.27. The SMILES string of the molecule is CNCCc1ccc(CF)cc1Cl. The molecule has 3 heteroatoms. The van der Waals surface area contributed by atoms with E-state index in [9.17, 15) is 4.39 Å². The molecule has 0 saturated heterocycles. The second-order valence-electron chi connectivity index (χ2n) is 2.91. The summed E-state index contributed by atoms with van der Waals surface area (Å²) in [6, 6.07) is 5.35. The molecule has 1 nitrogen and oxygen atoms in total. The Kier molecular flexibility index (Phi) is 4.19. The number of halogens is 2. The van der Waals surface area contributed by atoms with Crippen molar-refractivity contribution in [2.24, 2.45) is 0 Å². The molecule has 0 aliphatic heterocycles. The van der Waals surface area contributed by atoms with E-state index in [2.05, 4.69) is 5.32 Å². The fourth-order valence-electron chi connectivity index (χ4n) is 1.14. The summed E-state index contributed by atoms with van der Waals surface area (Å²) in [4.78, 5) is 0. The Morgan fingerprint density at radius 1 is 1.46 bits per heavy atom. The van der Waals surface area contributed by atoms with Crippen LogP contribution in [0.2, 0.25) is 5.02 Å². The number of rotatable bonds is 4. The van der Waals surface area contributed by atoms with Gasteiger partial charge >= 0.3 is 0 Å². The monoisotopic (exact) mass is 201 g/mol. The first-order chi connectivity index (χ1) is 6.27. The Balaban J connectivity index is 2.73. The quantitative estimate of drug-likeness (QED) is 0.790. The Hall–Kier alpha value is -0.600. The van der Waals surface area contributed by atoms with E-state index in [1.165, 1.54) is 0 Å². The number of hydrogen-bond acceptors (Lipinski definition) is 1. The highest BCUT2D eigenvalue weighted by atomic mass is 35.5. The first-order valence-electron chi connectivity index (χ1n) is 4.25. The number of likely N-dealkylation sites (N-methyl/N-ethyl adjacent to an activating group) is 1. The second-order valence-corrected chi connectivity index (χ2v) is 3.32. The molecule has 1 aromatic carbocycles. The molecule has 0 unspecified atom stereocenters. The van der Waals surface area contributed by atoms with E-state index in [0.717, 1.165) is 18.5 Å². The zero-order valence-electron chi connectivity index (χ0n) is 7.61. The van der Waals surface area contributed by atoms with E-state index in [1.54, 1.807) is 12.1 Å². The van der Waals surface area contributed by atoms with Crippen LogP contribution in [0.15, 0.2) is 18.2 Å². The van der Waals surface area contributed by atoms with Gasteiger partial charge in [0.2, 0.25) is 0 Å². The summed E-state index contributed by atoms with van der Waals surface area (Å²) < 4.78 is 12.2. The summed E-state index contributed by atoms with van der Waals surface area (Å²) in [5.74, 6) is 0. The van der Waals surface area contributed by atoms with Crippen LogP contribution in [0.4, 0.5) is 4.39 Å². The summed E-state index contributed by atoms with van der Waals surface area (Å²) >= 11 is 5.95. The largest absolute Gasteiger partial charge is 0.319 e. The molecule has 72 valence electrons. The van der Waals surface area contributed by atoms with Gasteiger partial charge in [-0.15, -0.1) is 0 Å². The molecule has 0 fully saturated rings. The Morgan fingerprint density at radius 3 is 2.77 bits per heavy atom. The van der Waals surface area contributed by atoms with Crippen molar-refractivity contribution in [1.29, 1.82) is 0 Å². The van der Waals surface area contributed by atoms with Crippen LogP contribution < -0.4 is 5.32 Å². The van der Waals surface area contributed by atoms with Crippen LogP contribution in [0.5, 0.6) is 0 Å². The molecule has 0 radical (unpaired) electrons. The molecule has 0 heterocycles. The van der Waals surface area contributed by atoms with Crippen molar-refractivity contribution in [1.82, 2.24) is 5.32 Å². The second kappa shape index (κ2) is 5.20. The van der Waals surface area contributed by atoms with Crippen LogP contribution in [0.1, 0.15) is 11.1 Å². The van der Waals surface area contributed by atoms with Crippen molar-refractivity contribution in [3.63, 3.8) is 0 Å². The van der Waals surface area contributed by atoms with Crippen molar-refractivity contribution in [3.05, 3.63) is 34.3 Å². The molecule has 1 aromatic rings. The van der Waals surface area contributed by atoms with Gasteiger partial charge in [0.1, 0.15) is 6.67 Å². The molecule has 0 spiro atoms. The molecule has 13 heavy (non-hydrogen) atoms. The van der Waals surface area contributed by atoms with E-state index in [4.69, 9.17) is 11.6 Å². The van der Waals surface area contributed by atoms with E-state index in [-0.39, 0.29) is 0 Å². The summed E-state index contributed by atoms with van der Waals surface area (Å²) in [6.45, 7) is 0.431. The zero-order chi connectivity index (χ0) is 9.68. The van der Waals surface area contributed by atoms with Crippen LogP contribution in [0, 0.1) is 0 Å². The van der Waals surface area contributed by atoms with E-state index >= 15 is 0 Å². The van der Waals surface area contributed by atoms with Crippen molar-refractivity contribution in [3.8, 4) is 0 Å². The number of benzene rings is 1. The third kappa shape index (κ3) is 2.98. The van der Waals surface area contributed by atoms with Gasteiger partial charge in [-0.05, 0) is 37.2 Å². The minimum Gasteiger partial charge on any atom is -0.319 e. The lowest BCUT2D eigenvalue weighted by Gasteiger charge is -2.04. The summed E-state index contributed by atoms with van der Waals surface area (Å²) in [6.07, 6.45) is 0.877. The van der Waals surface area contributed by atoms with Crippen molar-refractivity contribution in [2.45, 2.75) is 13.1 Å². The predicted molar refractivity (Wildman–Crippen MR) is 53.9 cm³/mol. The first kappa shape index (κ1) is 10.5. The van der Waals surface area contributed by atoms with E-state index in [1.807, 2.05) is 13.1 Å².